The van der Waals surface area contributed by atoms with E-state index in [-0.39, 0.29) is 6.10 Å². The molecule has 0 spiro atoms. The van der Waals surface area contributed by atoms with Crippen molar-refractivity contribution in [1.29, 1.82) is 0 Å². The van der Waals surface area contributed by atoms with Crippen LogP contribution in [0.4, 0.5) is 5.69 Å². The standard InChI is InChI=1S/C22H26ClN3O/c23-20-10-4-5-11-22(20)26-15-13-25(14-16-26)12-6-9-19-17-21(24-27-19)18-7-2-1-3-8-18/h1-5,7-8,10-11,17,19,24H,6,9,12-16H2. The van der Waals surface area contributed by atoms with Gasteiger partial charge >= 0.3 is 0 Å². The molecule has 2 heterocycles. The number of halogens is 1. The second-order valence-electron chi connectivity index (χ2n) is 7.13. The first-order valence-corrected chi connectivity index (χ1v) is 10.1. The van der Waals surface area contributed by atoms with Crippen LogP contribution in [0, 0.1) is 0 Å². The summed E-state index contributed by atoms with van der Waals surface area (Å²) in [6.45, 7) is 5.34. The SMILES string of the molecule is Clc1ccccc1N1CCN(CCCC2C=C(c3ccccc3)NO2)CC1. The molecule has 142 valence electrons. The van der Waals surface area contributed by atoms with E-state index in [1.54, 1.807) is 0 Å². The van der Waals surface area contributed by atoms with Crippen molar-refractivity contribution >= 4 is 23.0 Å². The van der Waals surface area contributed by atoms with Crippen LogP contribution in [0.3, 0.4) is 0 Å². The van der Waals surface area contributed by atoms with Gasteiger partial charge in [0.25, 0.3) is 0 Å². The van der Waals surface area contributed by atoms with E-state index in [4.69, 9.17) is 16.4 Å². The van der Waals surface area contributed by atoms with Crippen LogP contribution in [0.25, 0.3) is 5.70 Å². The van der Waals surface area contributed by atoms with Crippen LogP contribution < -0.4 is 10.4 Å². The van der Waals surface area contributed by atoms with E-state index in [1.807, 2.05) is 30.3 Å². The number of piperazine rings is 1. The van der Waals surface area contributed by atoms with Gasteiger partial charge in [-0.25, -0.2) is 0 Å². The molecule has 2 aliphatic heterocycles. The van der Waals surface area contributed by atoms with Crippen molar-refractivity contribution in [2.45, 2.75) is 18.9 Å². The number of rotatable bonds is 6. The highest BCUT2D eigenvalue weighted by Crippen LogP contribution is 2.26. The molecule has 27 heavy (non-hydrogen) atoms. The zero-order valence-electron chi connectivity index (χ0n) is 15.5. The van der Waals surface area contributed by atoms with Gasteiger partial charge in [-0.1, -0.05) is 54.1 Å². The Kier molecular flexibility index (Phi) is 5.97. The minimum Gasteiger partial charge on any atom is -0.368 e. The molecule has 0 aliphatic carbocycles. The Morgan fingerprint density at radius 1 is 0.963 bits per heavy atom. The second-order valence-corrected chi connectivity index (χ2v) is 7.53. The molecule has 0 saturated carbocycles. The van der Waals surface area contributed by atoms with Crippen LogP contribution in [0.15, 0.2) is 60.7 Å². The zero-order chi connectivity index (χ0) is 18.5. The molecule has 0 radical (unpaired) electrons. The number of benzene rings is 2. The van der Waals surface area contributed by atoms with E-state index < -0.39 is 0 Å². The molecule has 5 heteroatoms. The van der Waals surface area contributed by atoms with Gasteiger partial charge in [0.15, 0.2) is 0 Å². The number of anilines is 1. The third-order valence-electron chi connectivity index (χ3n) is 5.29. The Morgan fingerprint density at radius 3 is 2.48 bits per heavy atom. The average Bonchev–Trinajstić information content (AvgIpc) is 3.19. The summed E-state index contributed by atoms with van der Waals surface area (Å²) >= 11 is 6.33. The van der Waals surface area contributed by atoms with Gasteiger partial charge in [-0.15, -0.1) is 0 Å². The van der Waals surface area contributed by atoms with E-state index in [0.29, 0.717) is 0 Å². The molecule has 0 aromatic heterocycles. The molecule has 1 unspecified atom stereocenters. The predicted octanol–water partition coefficient (Wildman–Crippen LogP) is 4.19. The van der Waals surface area contributed by atoms with Gasteiger partial charge in [0.05, 0.1) is 16.4 Å². The zero-order valence-corrected chi connectivity index (χ0v) is 16.2. The Labute approximate surface area is 166 Å². The fourth-order valence-electron chi connectivity index (χ4n) is 3.74. The van der Waals surface area contributed by atoms with Crippen molar-refractivity contribution < 1.29 is 4.84 Å². The molecular weight excluding hydrogens is 358 g/mol. The molecule has 1 fully saturated rings. The summed E-state index contributed by atoms with van der Waals surface area (Å²) in [5.74, 6) is 0. The third kappa shape index (κ3) is 4.64. The third-order valence-corrected chi connectivity index (χ3v) is 5.61. The van der Waals surface area contributed by atoms with Gasteiger partial charge in [0.2, 0.25) is 0 Å². The minimum absolute atomic E-state index is 0.157. The van der Waals surface area contributed by atoms with Gasteiger partial charge in [-0.05, 0) is 43.2 Å². The summed E-state index contributed by atoms with van der Waals surface area (Å²) in [5, 5.41) is 0.845. The first-order chi connectivity index (χ1) is 13.3. The van der Waals surface area contributed by atoms with E-state index in [9.17, 15) is 0 Å². The summed E-state index contributed by atoms with van der Waals surface area (Å²) in [7, 11) is 0. The summed E-state index contributed by atoms with van der Waals surface area (Å²) < 4.78 is 0. The van der Waals surface area contributed by atoms with Crippen molar-refractivity contribution in [1.82, 2.24) is 10.4 Å². The molecule has 2 aromatic carbocycles. The van der Waals surface area contributed by atoms with Crippen LogP contribution in [-0.4, -0.2) is 43.7 Å². The number of nitrogens with zero attached hydrogens (tertiary/aromatic N) is 2. The molecule has 4 rings (SSSR count). The lowest BCUT2D eigenvalue weighted by molar-refractivity contribution is 0.0438. The Morgan fingerprint density at radius 2 is 1.70 bits per heavy atom. The molecule has 1 saturated heterocycles. The van der Waals surface area contributed by atoms with E-state index in [0.717, 1.165) is 62.0 Å². The smallest absolute Gasteiger partial charge is 0.106 e. The number of hydrogen-bond acceptors (Lipinski definition) is 4. The van der Waals surface area contributed by atoms with E-state index in [1.165, 1.54) is 5.56 Å². The van der Waals surface area contributed by atoms with Gasteiger partial charge in [0.1, 0.15) is 6.10 Å². The van der Waals surface area contributed by atoms with Gasteiger partial charge in [-0.3, -0.25) is 15.2 Å². The lowest BCUT2D eigenvalue weighted by atomic mass is 10.1. The van der Waals surface area contributed by atoms with Crippen LogP contribution in [0.5, 0.6) is 0 Å². The first kappa shape index (κ1) is 18.4. The van der Waals surface area contributed by atoms with Gasteiger partial charge in [-0.2, -0.15) is 0 Å². The van der Waals surface area contributed by atoms with Crippen LogP contribution >= 0.6 is 11.6 Å². The fraction of sp³-hybridized carbons (Fsp3) is 0.364. The maximum absolute atomic E-state index is 6.33. The Hall–Kier alpha value is -2.01. The van der Waals surface area contributed by atoms with Crippen molar-refractivity contribution in [3.05, 3.63) is 71.3 Å². The maximum atomic E-state index is 6.33. The predicted molar refractivity (Wildman–Crippen MR) is 112 cm³/mol. The normalized spacial score (nSPS) is 20.4. The molecule has 0 bridgehead atoms. The number of para-hydroxylation sites is 1. The first-order valence-electron chi connectivity index (χ1n) is 9.70. The Balaban J connectivity index is 1.20. The van der Waals surface area contributed by atoms with E-state index in [2.05, 4.69) is 45.6 Å². The van der Waals surface area contributed by atoms with Crippen molar-refractivity contribution in [2.24, 2.45) is 0 Å². The quantitative estimate of drug-likeness (QED) is 0.809. The average molecular weight is 384 g/mol. The molecule has 4 nitrogen and oxygen atoms in total. The highest BCUT2D eigenvalue weighted by atomic mass is 35.5. The number of hydrogen-bond donors (Lipinski definition) is 1. The summed E-state index contributed by atoms with van der Waals surface area (Å²) in [6, 6.07) is 18.4. The van der Waals surface area contributed by atoms with Crippen molar-refractivity contribution in [3.8, 4) is 0 Å². The largest absolute Gasteiger partial charge is 0.368 e. The topological polar surface area (TPSA) is 27.7 Å². The van der Waals surface area contributed by atoms with E-state index >= 15 is 0 Å². The molecular formula is C22H26ClN3O. The second kappa shape index (κ2) is 8.79. The highest BCUT2D eigenvalue weighted by Gasteiger charge is 2.20. The fourth-order valence-corrected chi connectivity index (χ4v) is 4.00. The summed E-state index contributed by atoms with van der Waals surface area (Å²) in [5.41, 5.74) is 6.48. The molecule has 1 atom stereocenters. The molecule has 2 aliphatic rings. The summed E-state index contributed by atoms with van der Waals surface area (Å²) in [6.07, 6.45) is 4.53. The lowest BCUT2D eigenvalue weighted by Gasteiger charge is -2.36. The number of nitrogens with one attached hydrogen (secondary N) is 1. The maximum Gasteiger partial charge on any atom is 0.106 e. The van der Waals surface area contributed by atoms with Crippen LogP contribution in [0.2, 0.25) is 5.02 Å². The molecule has 1 N–H and O–H groups in total. The monoisotopic (exact) mass is 383 g/mol. The number of hydroxylamine groups is 1. The van der Waals surface area contributed by atoms with Gasteiger partial charge in [0, 0.05) is 26.2 Å². The minimum atomic E-state index is 0.157. The van der Waals surface area contributed by atoms with Crippen molar-refractivity contribution in [2.75, 3.05) is 37.6 Å². The van der Waals surface area contributed by atoms with Crippen LogP contribution in [-0.2, 0) is 4.84 Å². The van der Waals surface area contributed by atoms with Gasteiger partial charge < -0.3 is 4.90 Å². The molecule has 2 aromatic rings. The highest BCUT2D eigenvalue weighted by molar-refractivity contribution is 6.33. The lowest BCUT2D eigenvalue weighted by Crippen LogP contribution is -2.46. The van der Waals surface area contributed by atoms with Crippen molar-refractivity contribution in [3.63, 3.8) is 0 Å². The van der Waals surface area contributed by atoms with Crippen LogP contribution in [0.1, 0.15) is 18.4 Å². The Bertz CT molecular complexity index is 772. The summed E-state index contributed by atoms with van der Waals surface area (Å²) in [4.78, 5) is 10.6. The molecule has 0 amide bonds.